The van der Waals surface area contributed by atoms with Crippen molar-refractivity contribution in [2.24, 2.45) is 11.8 Å². The van der Waals surface area contributed by atoms with Crippen LogP contribution in [0.15, 0.2) is 36.6 Å². The van der Waals surface area contributed by atoms with Gasteiger partial charge in [0.25, 0.3) is 0 Å². The predicted molar refractivity (Wildman–Crippen MR) is 146 cm³/mol. The highest BCUT2D eigenvalue weighted by Gasteiger charge is 2.39. The van der Waals surface area contributed by atoms with Gasteiger partial charge in [-0.25, -0.2) is 0 Å². The lowest BCUT2D eigenvalue weighted by Crippen LogP contribution is -2.45. The SMILES string of the molecule is C=CCC(=O)CCC[C@H](O)C[C@H](C)/C=C/[C@@H](C)[C@@H](/C=C/[Si](C)(C)C)O[Si](C)(C)C(C)(C)C. The Morgan fingerprint density at radius 3 is 2.16 bits per heavy atom. The molecule has 5 heteroatoms. The highest BCUT2D eigenvalue weighted by molar-refractivity contribution is 6.81. The van der Waals surface area contributed by atoms with Crippen LogP contribution in [0.5, 0.6) is 0 Å². The monoisotopic (exact) mass is 480 g/mol. The largest absolute Gasteiger partial charge is 0.410 e. The fourth-order valence-corrected chi connectivity index (χ4v) is 5.21. The van der Waals surface area contributed by atoms with Crippen LogP contribution in [0.25, 0.3) is 0 Å². The Balaban J connectivity index is 5.02. The van der Waals surface area contributed by atoms with Crippen LogP contribution in [0.3, 0.4) is 0 Å². The van der Waals surface area contributed by atoms with Crippen LogP contribution in [-0.2, 0) is 9.22 Å². The Morgan fingerprint density at radius 2 is 1.66 bits per heavy atom. The summed E-state index contributed by atoms with van der Waals surface area (Å²) in [6.07, 6.45) is 11.2. The topological polar surface area (TPSA) is 46.5 Å². The number of aliphatic hydroxyl groups excluding tert-OH is 1. The third kappa shape index (κ3) is 13.7. The van der Waals surface area contributed by atoms with E-state index in [1.54, 1.807) is 6.08 Å². The van der Waals surface area contributed by atoms with Crippen molar-refractivity contribution in [3.8, 4) is 0 Å². The summed E-state index contributed by atoms with van der Waals surface area (Å²) in [5.41, 5.74) is 2.40. The summed E-state index contributed by atoms with van der Waals surface area (Å²) in [6, 6.07) is 0. The number of ketones is 1. The molecule has 4 atom stereocenters. The zero-order valence-electron chi connectivity index (χ0n) is 22.7. The number of aliphatic hydroxyl groups is 1. The third-order valence-electron chi connectivity index (χ3n) is 6.29. The van der Waals surface area contributed by atoms with Gasteiger partial charge < -0.3 is 9.53 Å². The van der Waals surface area contributed by atoms with Crippen LogP contribution >= 0.6 is 0 Å². The Morgan fingerprint density at radius 1 is 1.06 bits per heavy atom. The van der Waals surface area contributed by atoms with Gasteiger partial charge in [-0.1, -0.05) is 84.3 Å². The van der Waals surface area contributed by atoms with E-state index in [0.717, 1.165) is 12.8 Å². The molecule has 0 aromatic carbocycles. The molecular formula is C27H52O3Si2. The molecule has 0 aromatic rings. The third-order valence-corrected chi connectivity index (χ3v) is 12.0. The van der Waals surface area contributed by atoms with Crippen molar-refractivity contribution in [2.45, 2.75) is 117 Å². The zero-order valence-corrected chi connectivity index (χ0v) is 24.7. The number of carbonyl (C=O) groups excluding carboxylic acids is 1. The molecular weight excluding hydrogens is 428 g/mol. The molecule has 0 rings (SSSR count). The first kappa shape index (κ1) is 31.2. The Kier molecular flexibility index (Phi) is 13.5. The fourth-order valence-electron chi connectivity index (χ4n) is 3.12. The van der Waals surface area contributed by atoms with Gasteiger partial charge in [0.1, 0.15) is 5.78 Å². The van der Waals surface area contributed by atoms with E-state index >= 15 is 0 Å². The van der Waals surface area contributed by atoms with E-state index in [0.29, 0.717) is 19.3 Å². The molecule has 0 aliphatic heterocycles. The molecule has 0 unspecified atom stereocenters. The summed E-state index contributed by atoms with van der Waals surface area (Å²) < 4.78 is 6.80. The van der Waals surface area contributed by atoms with Gasteiger partial charge in [0.2, 0.25) is 0 Å². The van der Waals surface area contributed by atoms with Crippen molar-refractivity contribution in [3.63, 3.8) is 0 Å². The molecule has 0 heterocycles. The van der Waals surface area contributed by atoms with Gasteiger partial charge in [0.15, 0.2) is 8.32 Å². The van der Waals surface area contributed by atoms with Gasteiger partial charge in [0, 0.05) is 18.8 Å². The van der Waals surface area contributed by atoms with Gasteiger partial charge in [-0.2, -0.15) is 0 Å². The molecule has 0 bridgehead atoms. The summed E-state index contributed by atoms with van der Waals surface area (Å²) in [5.74, 6) is 0.756. The van der Waals surface area contributed by atoms with Crippen LogP contribution in [0.4, 0.5) is 0 Å². The van der Waals surface area contributed by atoms with Crippen molar-refractivity contribution in [3.05, 3.63) is 36.6 Å². The number of allylic oxidation sites excluding steroid dienone is 2. The molecule has 0 amide bonds. The summed E-state index contributed by atoms with van der Waals surface area (Å²) in [4.78, 5) is 11.6. The van der Waals surface area contributed by atoms with Crippen LogP contribution in [0.2, 0.25) is 37.8 Å². The van der Waals surface area contributed by atoms with E-state index < -0.39 is 16.4 Å². The molecule has 0 radical (unpaired) electrons. The first-order valence-electron chi connectivity index (χ1n) is 12.3. The number of hydrogen-bond donors (Lipinski definition) is 1. The Bertz CT molecular complexity index is 624. The minimum Gasteiger partial charge on any atom is -0.410 e. The average Bonchev–Trinajstić information content (AvgIpc) is 2.61. The van der Waals surface area contributed by atoms with Crippen LogP contribution in [0.1, 0.15) is 66.7 Å². The van der Waals surface area contributed by atoms with E-state index in [1.807, 2.05) is 0 Å². The molecule has 0 spiro atoms. The summed E-state index contributed by atoms with van der Waals surface area (Å²) in [7, 11) is -3.20. The minimum absolute atomic E-state index is 0.0758. The number of hydrogen-bond acceptors (Lipinski definition) is 3. The lowest BCUT2D eigenvalue weighted by atomic mass is 9.96. The van der Waals surface area contributed by atoms with Crippen LogP contribution < -0.4 is 0 Å². The smallest absolute Gasteiger partial charge is 0.192 e. The van der Waals surface area contributed by atoms with E-state index in [1.165, 1.54) is 0 Å². The maximum Gasteiger partial charge on any atom is 0.192 e. The Labute approximate surface area is 201 Å². The summed E-state index contributed by atoms with van der Waals surface area (Å²) in [6.45, 7) is 26.5. The predicted octanol–water partition coefficient (Wildman–Crippen LogP) is 7.71. The fraction of sp³-hybridized carbons (Fsp3) is 0.741. The maximum absolute atomic E-state index is 11.6. The molecule has 3 nitrogen and oxygen atoms in total. The highest BCUT2D eigenvalue weighted by atomic mass is 28.4. The van der Waals surface area contributed by atoms with Crippen molar-refractivity contribution < 1.29 is 14.3 Å². The zero-order chi connectivity index (χ0) is 25.2. The number of rotatable bonds is 15. The molecule has 0 fully saturated rings. The normalized spacial score (nSPS) is 17.5. The van der Waals surface area contributed by atoms with Crippen molar-refractivity contribution in [1.82, 2.24) is 0 Å². The molecule has 0 aromatic heterocycles. The molecule has 1 N–H and O–H groups in total. The van der Waals surface area contributed by atoms with Gasteiger partial charge >= 0.3 is 0 Å². The van der Waals surface area contributed by atoms with Gasteiger partial charge in [-0.15, -0.1) is 6.58 Å². The van der Waals surface area contributed by atoms with E-state index in [-0.39, 0.29) is 34.9 Å². The second kappa shape index (κ2) is 13.8. The molecule has 0 saturated carbocycles. The molecule has 0 saturated heterocycles. The molecule has 32 heavy (non-hydrogen) atoms. The quantitative estimate of drug-likeness (QED) is 0.193. The summed E-state index contributed by atoms with van der Waals surface area (Å²) in [5, 5.41) is 10.5. The summed E-state index contributed by atoms with van der Waals surface area (Å²) >= 11 is 0. The minimum atomic E-state index is -1.88. The standard InChI is InChI=1S/C27H52O3Si2/c1-12-14-24(28)15-13-16-25(29)21-22(2)17-18-23(3)26(19-20-31(7,8)9)30-32(10,11)27(4,5)6/h12,17-20,22-23,25-26,29H,1,13-16,21H2,2-11H3/b18-17+,20-19+/t22-,23-,25+,26-/m1/s1. The van der Waals surface area contributed by atoms with E-state index in [9.17, 15) is 9.90 Å². The average molecular weight is 481 g/mol. The second-order valence-electron chi connectivity index (χ2n) is 12.1. The van der Waals surface area contributed by atoms with Gasteiger partial charge in [-0.3, -0.25) is 4.79 Å². The van der Waals surface area contributed by atoms with E-state index in [4.69, 9.17) is 4.43 Å². The van der Waals surface area contributed by atoms with Gasteiger partial charge in [0.05, 0.1) is 20.3 Å². The van der Waals surface area contributed by atoms with Crippen LogP contribution in [-0.4, -0.2) is 39.5 Å². The Hall–Kier alpha value is -0.756. The van der Waals surface area contributed by atoms with Crippen molar-refractivity contribution >= 4 is 22.2 Å². The van der Waals surface area contributed by atoms with E-state index in [2.05, 4.69) is 97.9 Å². The number of carbonyl (C=O) groups is 1. The molecule has 0 aliphatic carbocycles. The van der Waals surface area contributed by atoms with Crippen LogP contribution in [0, 0.1) is 11.8 Å². The van der Waals surface area contributed by atoms with Crippen molar-refractivity contribution in [2.75, 3.05) is 0 Å². The molecule has 186 valence electrons. The van der Waals surface area contributed by atoms with Crippen molar-refractivity contribution in [1.29, 1.82) is 0 Å². The highest BCUT2D eigenvalue weighted by Crippen LogP contribution is 2.38. The number of Topliss-reactive ketones (excluding diaryl/α,β-unsaturated/α-hetero) is 1. The lowest BCUT2D eigenvalue weighted by molar-refractivity contribution is -0.118. The van der Waals surface area contributed by atoms with Gasteiger partial charge in [-0.05, 0) is 43.3 Å². The lowest BCUT2D eigenvalue weighted by Gasteiger charge is -2.40. The first-order chi connectivity index (χ1) is 14.5. The maximum atomic E-state index is 11.6. The second-order valence-corrected chi connectivity index (χ2v) is 21.9. The molecule has 0 aliphatic rings. The first-order valence-corrected chi connectivity index (χ1v) is 18.8.